The normalized spacial score (nSPS) is 38.7. The van der Waals surface area contributed by atoms with Gasteiger partial charge in [0, 0.05) is 16.4 Å². The van der Waals surface area contributed by atoms with Gasteiger partial charge < -0.3 is 9.89 Å². The van der Waals surface area contributed by atoms with Crippen molar-refractivity contribution in [3.8, 4) is 0 Å². The summed E-state index contributed by atoms with van der Waals surface area (Å²) in [7, 11) is 0. The minimum absolute atomic E-state index is 0. The van der Waals surface area contributed by atoms with Crippen LogP contribution in [0, 0.1) is 22.7 Å². The standard InChI is InChI=1S/C22H32O.C2H4.H2O.H3P/c1-5-21-13-12-20(4)17-10-14-23-18(17)9-11-22(20,6-2)19(21)8-7-16(3)15-21;1-2;;/h9-11,14,16,19H,5-8,12-13,15H2,1-4H3;1-2H2;1H2;1H3/t16-,19?,20-,21?,22+;;;/m1.../s1. The summed E-state index contributed by atoms with van der Waals surface area (Å²) >= 11 is 0. The maximum atomic E-state index is 5.78. The van der Waals surface area contributed by atoms with Gasteiger partial charge in [-0.25, -0.2) is 0 Å². The first-order valence-corrected chi connectivity index (χ1v) is 10.3. The number of rotatable bonds is 2. The molecule has 3 aliphatic carbocycles. The molecule has 1 aromatic rings. The van der Waals surface area contributed by atoms with Crippen molar-refractivity contribution < 1.29 is 9.89 Å². The van der Waals surface area contributed by atoms with Crippen molar-refractivity contribution in [3.05, 3.63) is 42.9 Å². The van der Waals surface area contributed by atoms with Gasteiger partial charge in [0.25, 0.3) is 0 Å². The maximum Gasteiger partial charge on any atom is 0.130 e. The second kappa shape index (κ2) is 8.66. The summed E-state index contributed by atoms with van der Waals surface area (Å²) in [4.78, 5) is 0. The number of furan rings is 1. The zero-order valence-corrected chi connectivity index (χ0v) is 19.4. The van der Waals surface area contributed by atoms with Crippen LogP contribution in [0.4, 0.5) is 0 Å². The van der Waals surface area contributed by atoms with E-state index in [0.717, 1.165) is 17.6 Å². The summed E-state index contributed by atoms with van der Waals surface area (Å²) in [5.41, 5.74) is 2.62. The third kappa shape index (κ3) is 3.18. The van der Waals surface area contributed by atoms with E-state index in [1.165, 1.54) is 50.5 Å². The lowest BCUT2D eigenvalue weighted by molar-refractivity contribution is -0.102. The van der Waals surface area contributed by atoms with Gasteiger partial charge in [-0.3, -0.25) is 0 Å². The van der Waals surface area contributed by atoms with Gasteiger partial charge in [0.05, 0.1) is 6.26 Å². The van der Waals surface area contributed by atoms with Crippen LogP contribution in [0.1, 0.15) is 84.0 Å². The van der Waals surface area contributed by atoms with Gasteiger partial charge in [-0.1, -0.05) is 46.6 Å². The lowest BCUT2D eigenvalue weighted by Gasteiger charge is -2.65. The molecule has 1 heterocycles. The first kappa shape index (κ1) is 24.2. The Balaban J connectivity index is 0.000000883. The molecule has 4 rings (SSSR count). The number of hydrogen-bond acceptors (Lipinski definition) is 1. The first-order chi connectivity index (χ1) is 12.0. The molecule has 0 saturated heterocycles. The second-order valence-corrected chi connectivity index (χ2v) is 8.91. The Morgan fingerprint density at radius 3 is 2.48 bits per heavy atom. The van der Waals surface area contributed by atoms with Crippen LogP contribution in [0.15, 0.2) is 36.0 Å². The zero-order valence-electron chi connectivity index (χ0n) is 17.9. The highest BCUT2D eigenvalue weighted by atomic mass is 31.0. The molecule has 0 radical (unpaired) electrons. The molecule has 2 nitrogen and oxygen atoms in total. The molecule has 0 spiro atoms. The molecule has 0 amide bonds. The molecule has 0 aromatic carbocycles. The number of fused-ring (bicyclic) bond motifs is 5. The van der Waals surface area contributed by atoms with Crippen LogP contribution in [-0.2, 0) is 5.41 Å². The fourth-order valence-electron chi connectivity index (χ4n) is 7.03. The van der Waals surface area contributed by atoms with Crippen molar-refractivity contribution in [1.29, 1.82) is 0 Å². The topological polar surface area (TPSA) is 44.6 Å². The summed E-state index contributed by atoms with van der Waals surface area (Å²) in [6.45, 7) is 15.9. The van der Waals surface area contributed by atoms with Gasteiger partial charge in [-0.15, -0.1) is 13.2 Å². The predicted octanol–water partition coefficient (Wildman–Crippen LogP) is 6.62. The highest BCUT2D eigenvalue weighted by Crippen LogP contribution is 2.69. The van der Waals surface area contributed by atoms with Gasteiger partial charge in [0.2, 0.25) is 0 Å². The molecule has 3 heteroatoms. The van der Waals surface area contributed by atoms with Crippen LogP contribution in [0.2, 0.25) is 0 Å². The highest BCUT2D eigenvalue weighted by Gasteiger charge is 2.63. The van der Waals surface area contributed by atoms with Crippen molar-refractivity contribution in [3.63, 3.8) is 0 Å². The van der Waals surface area contributed by atoms with E-state index in [-0.39, 0.29) is 20.8 Å². The van der Waals surface area contributed by atoms with Gasteiger partial charge in [0.15, 0.2) is 0 Å². The van der Waals surface area contributed by atoms with Crippen molar-refractivity contribution in [2.24, 2.45) is 22.7 Å². The Kier molecular flexibility index (Phi) is 7.76. The van der Waals surface area contributed by atoms with E-state index < -0.39 is 0 Å². The quantitative estimate of drug-likeness (QED) is 0.412. The Hall–Kier alpha value is -0.850. The summed E-state index contributed by atoms with van der Waals surface area (Å²) in [5, 5.41) is 0. The fourth-order valence-corrected chi connectivity index (χ4v) is 7.03. The van der Waals surface area contributed by atoms with Gasteiger partial charge in [0.1, 0.15) is 5.76 Å². The molecule has 0 bridgehead atoms. The maximum absolute atomic E-state index is 5.78. The minimum Gasteiger partial charge on any atom is -0.465 e. The number of hydrogen-bond donors (Lipinski definition) is 0. The molecule has 27 heavy (non-hydrogen) atoms. The summed E-state index contributed by atoms with van der Waals surface area (Å²) < 4.78 is 5.78. The van der Waals surface area contributed by atoms with Crippen LogP contribution in [0.3, 0.4) is 0 Å². The zero-order chi connectivity index (χ0) is 18.3. The third-order valence-electron chi connectivity index (χ3n) is 8.33. The van der Waals surface area contributed by atoms with Crippen molar-refractivity contribution in [2.75, 3.05) is 0 Å². The van der Waals surface area contributed by atoms with Crippen LogP contribution in [-0.4, -0.2) is 5.48 Å². The van der Waals surface area contributed by atoms with Crippen molar-refractivity contribution in [2.45, 2.75) is 78.1 Å². The van der Waals surface area contributed by atoms with E-state index in [1.54, 1.807) is 0 Å². The minimum atomic E-state index is 0. The molecule has 2 N–H and O–H groups in total. The fraction of sp³-hybridized carbons (Fsp3) is 0.667. The van der Waals surface area contributed by atoms with Gasteiger partial charge in [-0.2, -0.15) is 9.90 Å². The summed E-state index contributed by atoms with van der Waals surface area (Å²) in [6, 6.07) is 2.26. The first-order valence-electron chi connectivity index (χ1n) is 10.3. The average molecular weight is 393 g/mol. The Bertz CT molecular complexity index is 651. The SMILES string of the molecule is C=C.CCC12CC[C@]3(C)c4ccoc4C=C[C@@]3(CC)C1CC[C@@H](C)C2.O.P. The molecule has 6 atom stereocenters. The molecule has 3 aliphatic rings. The van der Waals surface area contributed by atoms with Crippen molar-refractivity contribution in [1.82, 2.24) is 0 Å². The molecule has 1 aromatic heterocycles. The highest BCUT2D eigenvalue weighted by molar-refractivity contribution is 6.92. The van der Waals surface area contributed by atoms with Crippen LogP contribution in [0.25, 0.3) is 6.08 Å². The summed E-state index contributed by atoms with van der Waals surface area (Å²) in [6.07, 6.45) is 16.4. The second-order valence-electron chi connectivity index (χ2n) is 8.91. The van der Waals surface area contributed by atoms with E-state index in [0.29, 0.717) is 10.8 Å². The third-order valence-corrected chi connectivity index (χ3v) is 8.33. The lowest BCUT2D eigenvalue weighted by atomic mass is 9.38. The van der Waals surface area contributed by atoms with E-state index in [2.05, 4.69) is 59.1 Å². The van der Waals surface area contributed by atoms with E-state index in [4.69, 9.17) is 4.42 Å². The molecule has 2 saturated carbocycles. The Morgan fingerprint density at radius 2 is 1.85 bits per heavy atom. The van der Waals surface area contributed by atoms with Gasteiger partial charge in [-0.05, 0) is 61.5 Å². The summed E-state index contributed by atoms with van der Waals surface area (Å²) in [5.74, 6) is 2.85. The monoisotopic (exact) mass is 392 g/mol. The largest absolute Gasteiger partial charge is 0.465 e. The molecule has 154 valence electrons. The van der Waals surface area contributed by atoms with Crippen LogP contribution < -0.4 is 0 Å². The molecule has 3 unspecified atom stereocenters. The van der Waals surface area contributed by atoms with E-state index >= 15 is 0 Å². The van der Waals surface area contributed by atoms with Crippen LogP contribution >= 0.6 is 9.90 Å². The van der Waals surface area contributed by atoms with E-state index in [9.17, 15) is 0 Å². The average Bonchev–Trinajstić information content (AvgIpc) is 3.13. The van der Waals surface area contributed by atoms with Gasteiger partial charge >= 0.3 is 0 Å². The smallest absolute Gasteiger partial charge is 0.130 e. The molecule has 0 aliphatic heterocycles. The lowest BCUT2D eigenvalue weighted by Crippen LogP contribution is -2.59. The van der Waals surface area contributed by atoms with E-state index in [1.807, 2.05) is 6.26 Å². The molecular weight excluding hydrogens is 351 g/mol. The Labute approximate surface area is 169 Å². The number of allylic oxidation sites excluding steroid dienone is 1. The van der Waals surface area contributed by atoms with Crippen molar-refractivity contribution >= 4 is 16.0 Å². The molecular formula is C24H41O2P. The Morgan fingerprint density at radius 1 is 1.15 bits per heavy atom. The predicted molar refractivity (Wildman–Crippen MR) is 122 cm³/mol. The molecule has 2 fully saturated rings. The van der Waals surface area contributed by atoms with Crippen LogP contribution in [0.5, 0.6) is 0 Å².